The average Bonchev–Trinajstić information content (AvgIpc) is 2.76. The number of nitrogens with one attached hydrogen (secondary N) is 1. The van der Waals surface area contributed by atoms with Crippen LogP contribution in [-0.4, -0.2) is 20.1 Å². The molecule has 0 aliphatic carbocycles. The van der Waals surface area contributed by atoms with Crippen molar-refractivity contribution in [2.24, 2.45) is 5.34 Å². The molecular weight excluding hydrogens is 220 g/mol. The van der Waals surface area contributed by atoms with Gasteiger partial charge in [0.1, 0.15) is 0 Å². The molecule has 2 N–H and O–H groups in total. The Bertz CT molecular complexity index is 496. The normalized spacial score (nSPS) is 9.06. The van der Waals surface area contributed by atoms with E-state index in [4.69, 9.17) is 10.2 Å². The van der Waals surface area contributed by atoms with Crippen molar-refractivity contribution < 1.29 is 15.2 Å². The van der Waals surface area contributed by atoms with Crippen molar-refractivity contribution in [3.05, 3.63) is 39.5 Å². The number of benzene rings is 1. The summed E-state index contributed by atoms with van der Waals surface area (Å²) in [5, 5.41) is 18.8. The molecule has 0 fully saturated rings. The predicted molar refractivity (Wildman–Crippen MR) is 52.3 cm³/mol. The Morgan fingerprint density at radius 1 is 1.56 bits per heavy atom. The second kappa shape index (κ2) is 5.36. The van der Waals surface area contributed by atoms with E-state index in [1.165, 1.54) is 18.5 Å². The van der Waals surface area contributed by atoms with Gasteiger partial charge >= 0.3 is 0 Å². The predicted octanol–water partition coefficient (Wildman–Crippen LogP) is 1.63. The van der Waals surface area contributed by atoms with Gasteiger partial charge in [0, 0.05) is 12.1 Å². The molecule has 0 radical (unpaired) electrons. The number of fused-ring (bicyclic) bond motifs is 1. The van der Waals surface area contributed by atoms with Crippen LogP contribution in [0.5, 0.6) is 0 Å². The van der Waals surface area contributed by atoms with E-state index >= 15 is 0 Å². The largest absolute Gasteiger partial charge is 0.344 e. The van der Waals surface area contributed by atoms with Crippen LogP contribution in [0.25, 0.3) is 11.0 Å². The van der Waals surface area contributed by atoms with Crippen LogP contribution in [0.3, 0.4) is 0 Å². The standard InChI is InChI=1S/C7H5N3O2.HNO3/c11-10(12)5-1-2-6-7(3-5)9-4-8-6;2-1-4-3/h1-4H,(H,8,9);3H. The van der Waals surface area contributed by atoms with Crippen molar-refractivity contribution >= 4 is 16.7 Å². The van der Waals surface area contributed by atoms with Gasteiger partial charge in [0.25, 0.3) is 5.69 Å². The number of non-ortho nitro benzene ring substituents is 1. The summed E-state index contributed by atoms with van der Waals surface area (Å²) >= 11 is 0. The van der Waals surface area contributed by atoms with Crippen LogP contribution in [0.15, 0.2) is 29.9 Å². The maximum absolute atomic E-state index is 10.3. The Balaban J connectivity index is 0.000000280. The Kier molecular flexibility index (Phi) is 3.86. The fourth-order valence-corrected chi connectivity index (χ4v) is 1.04. The third-order valence-electron chi connectivity index (χ3n) is 1.65. The number of hydrogen-bond donors (Lipinski definition) is 2. The Morgan fingerprint density at radius 3 is 2.81 bits per heavy atom. The maximum Gasteiger partial charge on any atom is 0.271 e. The lowest BCUT2D eigenvalue weighted by Gasteiger charge is -1.89. The number of hydrogen-bond acceptors (Lipinski definition) is 7. The number of imidazole rings is 1. The maximum atomic E-state index is 10.3. The minimum absolute atomic E-state index is 0.0757. The first-order valence-electron chi connectivity index (χ1n) is 3.89. The molecule has 2 aromatic rings. The van der Waals surface area contributed by atoms with E-state index in [1.54, 1.807) is 11.4 Å². The zero-order chi connectivity index (χ0) is 12.0. The summed E-state index contributed by atoms with van der Waals surface area (Å²) in [5.74, 6) is 0. The van der Waals surface area contributed by atoms with Gasteiger partial charge in [-0.3, -0.25) is 10.1 Å². The molecule has 1 aromatic heterocycles. The lowest BCUT2D eigenvalue weighted by Crippen LogP contribution is -1.86. The van der Waals surface area contributed by atoms with Crippen molar-refractivity contribution in [3.63, 3.8) is 0 Å². The summed E-state index contributed by atoms with van der Waals surface area (Å²) in [5.41, 5.74) is 1.50. The minimum atomic E-state index is -0.430. The van der Waals surface area contributed by atoms with Crippen LogP contribution in [-0.2, 0) is 4.99 Å². The Morgan fingerprint density at radius 2 is 2.25 bits per heavy atom. The molecule has 1 aromatic carbocycles. The van der Waals surface area contributed by atoms with Crippen LogP contribution in [0, 0.1) is 15.0 Å². The van der Waals surface area contributed by atoms with Crippen molar-refractivity contribution in [2.75, 3.05) is 0 Å². The van der Waals surface area contributed by atoms with Gasteiger partial charge in [-0.05, 0) is 6.07 Å². The smallest absolute Gasteiger partial charge is 0.271 e. The van der Waals surface area contributed by atoms with Crippen LogP contribution >= 0.6 is 0 Å². The molecule has 0 saturated carbocycles. The zero-order valence-corrected chi connectivity index (χ0v) is 7.73. The van der Waals surface area contributed by atoms with Crippen molar-refractivity contribution in [3.8, 4) is 0 Å². The summed E-state index contributed by atoms with van der Waals surface area (Å²) in [6.07, 6.45) is 1.51. The second-order valence-electron chi connectivity index (χ2n) is 2.52. The molecule has 0 aliphatic rings. The minimum Gasteiger partial charge on any atom is -0.344 e. The van der Waals surface area contributed by atoms with E-state index in [9.17, 15) is 10.1 Å². The number of H-pyrrole nitrogens is 1. The molecule has 0 atom stereocenters. The quantitative estimate of drug-likeness (QED) is 0.346. The fourth-order valence-electron chi connectivity index (χ4n) is 1.04. The third kappa shape index (κ3) is 2.72. The molecule has 9 nitrogen and oxygen atoms in total. The summed E-state index contributed by atoms with van der Waals surface area (Å²) < 4.78 is 0. The van der Waals surface area contributed by atoms with Gasteiger partial charge < -0.3 is 4.98 Å². The molecule has 2 rings (SSSR count). The van der Waals surface area contributed by atoms with Gasteiger partial charge in [-0.1, -0.05) is 0 Å². The topological polar surface area (TPSA) is 131 Å². The summed E-state index contributed by atoms with van der Waals surface area (Å²) in [6.45, 7) is 0. The molecule has 0 unspecified atom stereocenters. The van der Waals surface area contributed by atoms with Gasteiger partial charge in [0.05, 0.1) is 22.3 Å². The van der Waals surface area contributed by atoms with Crippen LogP contribution in [0.1, 0.15) is 0 Å². The summed E-state index contributed by atoms with van der Waals surface area (Å²) in [7, 11) is 0. The van der Waals surface area contributed by atoms with Crippen molar-refractivity contribution in [1.82, 2.24) is 9.97 Å². The fraction of sp³-hybridized carbons (Fsp3) is 0. The average molecular weight is 226 g/mol. The highest BCUT2D eigenvalue weighted by atomic mass is 17.2. The van der Waals surface area contributed by atoms with E-state index in [1.807, 2.05) is 0 Å². The van der Waals surface area contributed by atoms with Gasteiger partial charge in [-0.15, -0.1) is 4.91 Å². The zero-order valence-electron chi connectivity index (χ0n) is 7.73. The Hall–Kier alpha value is -2.55. The lowest BCUT2D eigenvalue weighted by molar-refractivity contribution is -0.384. The van der Waals surface area contributed by atoms with Crippen LogP contribution in [0.4, 0.5) is 5.69 Å². The molecule has 84 valence electrons. The number of aromatic amines is 1. The second-order valence-corrected chi connectivity index (χ2v) is 2.52. The SMILES string of the molecule is O=NOO.O=[N+]([O-])c1ccc2nc[nH]c2c1. The molecule has 1 heterocycles. The Labute approximate surface area is 87.7 Å². The number of nitro benzene ring substituents is 1. The number of rotatable bonds is 2. The summed E-state index contributed by atoms with van der Waals surface area (Å²) in [4.78, 5) is 27.7. The van der Waals surface area contributed by atoms with Gasteiger partial charge in [-0.2, -0.15) is 10.2 Å². The monoisotopic (exact) mass is 226 g/mol. The first-order chi connectivity index (χ1) is 7.69. The molecular formula is C7H6N4O5. The first kappa shape index (κ1) is 11.5. The van der Waals surface area contributed by atoms with E-state index in [0.29, 0.717) is 5.52 Å². The van der Waals surface area contributed by atoms with Crippen LogP contribution < -0.4 is 0 Å². The highest BCUT2D eigenvalue weighted by Gasteiger charge is 2.05. The lowest BCUT2D eigenvalue weighted by atomic mass is 10.3. The first-order valence-corrected chi connectivity index (χ1v) is 3.89. The highest BCUT2D eigenvalue weighted by Crippen LogP contribution is 2.16. The van der Waals surface area contributed by atoms with Gasteiger partial charge in [-0.25, -0.2) is 4.98 Å². The van der Waals surface area contributed by atoms with E-state index in [2.05, 4.69) is 15.0 Å². The molecule has 16 heavy (non-hydrogen) atoms. The number of nitrogens with zero attached hydrogens (tertiary/aromatic N) is 3. The molecule has 0 bridgehead atoms. The van der Waals surface area contributed by atoms with Crippen molar-refractivity contribution in [2.45, 2.75) is 0 Å². The van der Waals surface area contributed by atoms with Gasteiger partial charge in [0.2, 0.25) is 0 Å². The van der Waals surface area contributed by atoms with Crippen LogP contribution in [0.2, 0.25) is 0 Å². The molecule has 0 aliphatic heterocycles. The number of nitro groups is 1. The molecule has 0 saturated heterocycles. The highest BCUT2D eigenvalue weighted by molar-refractivity contribution is 5.76. The molecule has 0 spiro atoms. The molecule has 0 amide bonds. The van der Waals surface area contributed by atoms with Gasteiger partial charge in [0.15, 0.2) is 5.34 Å². The third-order valence-corrected chi connectivity index (χ3v) is 1.65. The van der Waals surface area contributed by atoms with Crippen molar-refractivity contribution in [1.29, 1.82) is 0 Å². The van der Waals surface area contributed by atoms with E-state index in [-0.39, 0.29) is 5.69 Å². The molecule has 9 heteroatoms. The summed E-state index contributed by atoms with van der Waals surface area (Å²) in [6, 6.07) is 4.51. The van der Waals surface area contributed by atoms with E-state index < -0.39 is 4.92 Å². The number of aromatic nitrogens is 2. The van der Waals surface area contributed by atoms with E-state index in [0.717, 1.165) is 5.52 Å².